The number of anilines is 1. The molecule has 2 nitrogen and oxygen atoms in total. The van der Waals surface area contributed by atoms with Gasteiger partial charge in [0.2, 0.25) is 5.91 Å². The predicted molar refractivity (Wildman–Crippen MR) is 97.5 cm³/mol. The second-order valence-electron chi connectivity index (χ2n) is 6.41. The van der Waals surface area contributed by atoms with E-state index in [2.05, 4.69) is 26.5 Å². The van der Waals surface area contributed by atoms with Crippen molar-refractivity contribution in [2.45, 2.75) is 50.8 Å². The lowest BCUT2D eigenvalue weighted by Crippen LogP contribution is -2.37. The average molecular weight is 360 g/mol. The first-order valence-corrected chi connectivity index (χ1v) is 9.10. The van der Waals surface area contributed by atoms with Crippen LogP contribution in [0.4, 0.5) is 5.69 Å². The molecule has 122 valence electrons. The van der Waals surface area contributed by atoms with Gasteiger partial charge in [0, 0.05) is 17.4 Å². The summed E-state index contributed by atoms with van der Waals surface area (Å²) in [6, 6.07) is 3.48. The van der Waals surface area contributed by atoms with Crippen molar-refractivity contribution in [1.29, 1.82) is 0 Å². The lowest BCUT2D eigenvalue weighted by atomic mass is 10.0. The van der Waals surface area contributed by atoms with Crippen molar-refractivity contribution in [1.82, 2.24) is 0 Å². The zero-order valence-electron chi connectivity index (χ0n) is 13.1. The van der Waals surface area contributed by atoms with E-state index >= 15 is 0 Å². The number of carbonyl (C=O) groups excluding carboxylic acids is 1. The summed E-state index contributed by atoms with van der Waals surface area (Å²) in [5.74, 6) is 0.867. The Bertz CT molecular complexity index is 542. The Hall–Kier alpha value is -0.380. The van der Waals surface area contributed by atoms with Gasteiger partial charge < -0.3 is 4.90 Å². The molecular formula is C17H23Cl2NOS. The van der Waals surface area contributed by atoms with E-state index in [9.17, 15) is 4.79 Å². The zero-order valence-corrected chi connectivity index (χ0v) is 15.5. The van der Waals surface area contributed by atoms with E-state index in [1.165, 1.54) is 0 Å². The van der Waals surface area contributed by atoms with Gasteiger partial charge in [-0.15, -0.1) is 12.6 Å². The van der Waals surface area contributed by atoms with Crippen LogP contribution in [-0.4, -0.2) is 12.5 Å². The third-order valence-corrected chi connectivity index (χ3v) is 5.29. The standard InChI is InChI=1S/C17H23Cl2NOS/c1-11(2)7-8-20(17(21)12-5-3-4-6-12)15-9-13(18)14(19)10-16(15)22/h9-12,22H,3-8H2,1-2H3. The van der Waals surface area contributed by atoms with Crippen LogP contribution >= 0.6 is 35.8 Å². The molecule has 2 rings (SSSR count). The molecule has 22 heavy (non-hydrogen) atoms. The Morgan fingerprint density at radius 1 is 1.27 bits per heavy atom. The van der Waals surface area contributed by atoms with Crippen LogP contribution in [0.25, 0.3) is 0 Å². The fourth-order valence-corrected chi connectivity index (χ4v) is 3.58. The first kappa shape index (κ1) is 18.0. The lowest BCUT2D eigenvalue weighted by Gasteiger charge is -2.28. The van der Waals surface area contributed by atoms with Crippen molar-refractivity contribution in [3.8, 4) is 0 Å². The van der Waals surface area contributed by atoms with Crippen molar-refractivity contribution in [3.63, 3.8) is 0 Å². The van der Waals surface area contributed by atoms with Crippen LogP contribution in [0.15, 0.2) is 17.0 Å². The van der Waals surface area contributed by atoms with Crippen molar-refractivity contribution in [2.75, 3.05) is 11.4 Å². The molecule has 0 bridgehead atoms. The predicted octanol–water partition coefficient (Wildman–Crippen LogP) is 5.85. The summed E-state index contributed by atoms with van der Waals surface area (Å²) in [5.41, 5.74) is 0.773. The van der Waals surface area contributed by atoms with Gasteiger partial charge in [-0.25, -0.2) is 0 Å². The molecule has 0 N–H and O–H groups in total. The fraction of sp³-hybridized carbons (Fsp3) is 0.588. The lowest BCUT2D eigenvalue weighted by molar-refractivity contribution is -0.122. The minimum atomic E-state index is 0.134. The molecule has 0 aliphatic heterocycles. The van der Waals surface area contributed by atoms with E-state index in [-0.39, 0.29) is 11.8 Å². The second kappa shape index (κ2) is 7.94. The molecule has 1 fully saturated rings. The first-order valence-electron chi connectivity index (χ1n) is 7.89. The molecule has 1 aromatic carbocycles. The molecule has 0 aromatic heterocycles. The SMILES string of the molecule is CC(C)CCN(C(=O)C1CCCC1)c1cc(Cl)c(Cl)cc1S. The highest BCUT2D eigenvalue weighted by Crippen LogP contribution is 2.36. The monoisotopic (exact) mass is 359 g/mol. The number of carbonyl (C=O) groups is 1. The largest absolute Gasteiger partial charge is 0.311 e. The van der Waals surface area contributed by atoms with Crippen molar-refractivity contribution in [3.05, 3.63) is 22.2 Å². The van der Waals surface area contributed by atoms with Crippen LogP contribution in [0.2, 0.25) is 10.0 Å². The van der Waals surface area contributed by atoms with Gasteiger partial charge in [0.25, 0.3) is 0 Å². The Morgan fingerprint density at radius 3 is 2.45 bits per heavy atom. The topological polar surface area (TPSA) is 20.3 Å². The Balaban J connectivity index is 2.30. The van der Waals surface area contributed by atoms with E-state index in [4.69, 9.17) is 23.2 Å². The van der Waals surface area contributed by atoms with Crippen LogP contribution in [0, 0.1) is 11.8 Å². The van der Waals surface area contributed by atoms with Gasteiger partial charge in [-0.3, -0.25) is 4.79 Å². The molecule has 0 heterocycles. The van der Waals surface area contributed by atoms with Crippen molar-refractivity contribution >= 4 is 47.4 Å². The highest BCUT2D eigenvalue weighted by Gasteiger charge is 2.29. The van der Waals surface area contributed by atoms with Crippen molar-refractivity contribution < 1.29 is 4.79 Å². The quantitative estimate of drug-likeness (QED) is 0.653. The molecule has 0 saturated heterocycles. The van der Waals surface area contributed by atoms with E-state index in [0.717, 1.165) is 37.8 Å². The van der Waals surface area contributed by atoms with E-state index in [1.807, 2.05) is 4.90 Å². The van der Waals surface area contributed by atoms with Gasteiger partial charge in [-0.05, 0) is 37.3 Å². The van der Waals surface area contributed by atoms with E-state index < -0.39 is 0 Å². The summed E-state index contributed by atoms with van der Waals surface area (Å²) in [7, 11) is 0. The summed E-state index contributed by atoms with van der Waals surface area (Å²) < 4.78 is 0. The number of rotatable bonds is 5. The van der Waals surface area contributed by atoms with Crippen LogP contribution in [-0.2, 0) is 4.79 Å². The molecule has 1 aliphatic carbocycles. The van der Waals surface area contributed by atoms with E-state index in [0.29, 0.717) is 27.4 Å². The number of benzene rings is 1. The Morgan fingerprint density at radius 2 is 1.86 bits per heavy atom. The maximum absolute atomic E-state index is 12.9. The summed E-state index contributed by atoms with van der Waals surface area (Å²) in [6.07, 6.45) is 5.21. The average Bonchev–Trinajstić information content (AvgIpc) is 2.97. The summed E-state index contributed by atoms with van der Waals surface area (Å²) >= 11 is 16.7. The maximum Gasteiger partial charge on any atom is 0.230 e. The normalized spacial score (nSPS) is 15.5. The summed E-state index contributed by atoms with van der Waals surface area (Å²) in [4.78, 5) is 15.5. The number of nitrogens with zero attached hydrogens (tertiary/aromatic N) is 1. The molecule has 0 radical (unpaired) electrons. The van der Waals surface area contributed by atoms with Crippen LogP contribution in [0.3, 0.4) is 0 Å². The second-order valence-corrected chi connectivity index (χ2v) is 7.71. The van der Waals surface area contributed by atoms with Crippen molar-refractivity contribution in [2.24, 2.45) is 11.8 Å². The molecule has 0 unspecified atom stereocenters. The van der Waals surface area contributed by atoms with Crippen LogP contribution in [0.5, 0.6) is 0 Å². The number of amides is 1. The van der Waals surface area contributed by atoms with Gasteiger partial charge >= 0.3 is 0 Å². The summed E-state index contributed by atoms with van der Waals surface area (Å²) in [6.45, 7) is 5.02. The van der Waals surface area contributed by atoms with Gasteiger partial charge in [-0.2, -0.15) is 0 Å². The van der Waals surface area contributed by atoms with E-state index in [1.54, 1.807) is 12.1 Å². The molecule has 1 aliphatic rings. The third kappa shape index (κ3) is 4.33. The van der Waals surface area contributed by atoms with Gasteiger partial charge in [0.05, 0.1) is 15.7 Å². The summed E-state index contributed by atoms with van der Waals surface area (Å²) in [5, 5.41) is 0.927. The number of halogens is 2. The molecule has 1 saturated carbocycles. The van der Waals surface area contributed by atoms with Crippen LogP contribution < -0.4 is 4.90 Å². The molecular weight excluding hydrogens is 337 g/mol. The molecule has 0 spiro atoms. The Kier molecular flexibility index (Phi) is 6.48. The minimum absolute atomic E-state index is 0.134. The fourth-order valence-electron chi connectivity index (χ4n) is 2.87. The third-order valence-electron chi connectivity index (χ3n) is 4.21. The molecule has 1 amide bonds. The smallest absolute Gasteiger partial charge is 0.230 e. The maximum atomic E-state index is 12.9. The van der Waals surface area contributed by atoms with Crippen LogP contribution in [0.1, 0.15) is 46.0 Å². The Labute approximate surface area is 148 Å². The zero-order chi connectivity index (χ0) is 16.3. The molecule has 1 aromatic rings. The van der Waals surface area contributed by atoms with Gasteiger partial charge in [0.15, 0.2) is 0 Å². The number of hydrogen-bond donors (Lipinski definition) is 1. The molecule has 0 atom stereocenters. The number of hydrogen-bond acceptors (Lipinski definition) is 2. The molecule has 5 heteroatoms. The first-order chi connectivity index (χ1) is 10.4. The van der Waals surface area contributed by atoms with Gasteiger partial charge in [-0.1, -0.05) is 49.9 Å². The number of thiol groups is 1. The highest BCUT2D eigenvalue weighted by molar-refractivity contribution is 7.80. The highest BCUT2D eigenvalue weighted by atomic mass is 35.5. The minimum Gasteiger partial charge on any atom is -0.311 e. The van der Waals surface area contributed by atoms with Gasteiger partial charge in [0.1, 0.15) is 0 Å².